The Morgan fingerprint density at radius 1 is 1.16 bits per heavy atom. The van der Waals surface area contributed by atoms with E-state index in [4.69, 9.17) is 12.2 Å². The number of carbonyl (C=O) groups excluding carboxylic acids is 1. The largest absolute Gasteiger partial charge is 0.356 e. The van der Waals surface area contributed by atoms with Gasteiger partial charge in [-0.1, -0.05) is 37.3 Å². The average molecular weight is 353 g/mol. The highest BCUT2D eigenvalue weighted by molar-refractivity contribution is 7.80. The Kier molecular flexibility index (Phi) is 5.66. The monoisotopic (exact) mass is 353 g/mol. The minimum absolute atomic E-state index is 0.183. The van der Waals surface area contributed by atoms with E-state index in [9.17, 15) is 4.79 Å². The van der Waals surface area contributed by atoms with Crippen LogP contribution in [0.1, 0.15) is 37.8 Å². The van der Waals surface area contributed by atoms with Crippen LogP contribution in [0.2, 0.25) is 0 Å². The summed E-state index contributed by atoms with van der Waals surface area (Å²) in [4.78, 5) is 13.6. The highest BCUT2D eigenvalue weighted by Crippen LogP contribution is 2.23. The van der Waals surface area contributed by atoms with E-state index in [-0.39, 0.29) is 11.9 Å². The van der Waals surface area contributed by atoms with E-state index in [1.807, 2.05) is 47.4 Å². The Hall–Kier alpha value is -2.40. The number of nitrogens with one attached hydrogen (secondary N) is 2. The lowest BCUT2D eigenvalue weighted by molar-refractivity contribution is -0.117. The van der Waals surface area contributed by atoms with Crippen LogP contribution in [0.3, 0.4) is 0 Å². The van der Waals surface area contributed by atoms with E-state index < -0.39 is 0 Å². The van der Waals surface area contributed by atoms with E-state index in [0.717, 1.165) is 30.8 Å². The Morgan fingerprint density at radius 3 is 2.48 bits per heavy atom. The lowest BCUT2D eigenvalue weighted by Gasteiger charge is -2.20. The van der Waals surface area contributed by atoms with Gasteiger partial charge < -0.3 is 15.5 Å². The first-order valence-electron chi connectivity index (χ1n) is 8.70. The number of benzene rings is 2. The van der Waals surface area contributed by atoms with Crippen molar-refractivity contribution in [3.8, 4) is 0 Å². The summed E-state index contributed by atoms with van der Waals surface area (Å²) in [7, 11) is 0. The molecule has 25 heavy (non-hydrogen) atoms. The Bertz CT molecular complexity index is 730. The zero-order chi connectivity index (χ0) is 17.6. The van der Waals surface area contributed by atoms with Gasteiger partial charge in [0.1, 0.15) is 0 Å². The maximum absolute atomic E-state index is 11.8. The summed E-state index contributed by atoms with van der Waals surface area (Å²) in [6.45, 7) is 2.94. The van der Waals surface area contributed by atoms with Crippen LogP contribution >= 0.6 is 12.2 Å². The van der Waals surface area contributed by atoms with Gasteiger partial charge in [0.25, 0.3) is 0 Å². The predicted octanol–water partition coefficient (Wildman–Crippen LogP) is 4.25. The highest BCUT2D eigenvalue weighted by Gasteiger charge is 2.21. The number of rotatable bonds is 5. The van der Waals surface area contributed by atoms with Crippen molar-refractivity contribution in [2.24, 2.45) is 0 Å². The predicted molar refractivity (Wildman–Crippen MR) is 107 cm³/mol. The van der Waals surface area contributed by atoms with Crippen LogP contribution in [-0.4, -0.2) is 17.6 Å². The third-order valence-electron chi connectivity index (χ3n) is 4.43. The molecule has 0 saturated carbocycles. The SMILES string of the molecule is CC[C@H](NC(=S)Nc1ccc(N2CCCC2=O)cc1)c1ccccc1. The van der Waals surface area contributed by atoms with Crippen molar-refractivity contribution in [2.45, 2.75) is 32.2 Å². The lowest BCUT2D eigenvalue weighted by Crippen LogP contribution is -2.32. The quantitative estimate of drug-likeness (QED) is 0.789. The number of nitrogens with zero attached hydrogens (tertiary/aromatic N) is 1. The first kappa shape index (κ1) is 17.4. The molecule has 0 radical (unpaired) electrons. The van der Waals surface area contributed by atoms with E-state index in [2.05, 4.69) is 29.7 Å². The zero-order valence-corrected chi connectivity index (χ0v) is 15.2. The normalized spacial score (nSPS) is 15.1. The summed E-state index contributed by atoms with van der Waals surface area (Å²) in [6, 6.07) is 18.3. The van der Waals surface area contributed by atoms with Crippen molar-refractivity contribution in [3.63, 3.8) is 0 Å². The van der Waals surface area contributed by atoms with E-state index in [1.54, 1.807) is 0 Å². The lowest BCUT2D eigenvalue weighted by atomic mass is 10.1. The van der Waals surface area contributed by atoms with Gasteiger partial charge in [-0.15, -0.1) is 0 Å². The number of hydrogen-bond acceptors (Lipinski definition) is 2. The fourth-order valence-corrected chi connectivity index (χ4v) is 3.34. The summed E-state index contributed by atoms with van der Waals surface area (Å²) in [6.07, 6.45) is 2.53. The van der Waals surface area contributed by atoms with Crippen molar-refractivity contribution in [2.75, 3.05) is 16.8 Å². The first-order valence-corrected chi connectivity index (χ1v) is 9.11. The second-order valence-electron chi connectivity index (χ2n) is 6.17. The molecule has 1 aliphatic rings. The molecule has 1 heterocycles. The molecule has 1 fully saturated rings. The number of thiocarbonyl (C=S) groups is 1. The van der Waals surface area contributed by atoms with Gasteiger partial charge in [-0.25, -0.2) is 0 Å². The summed E-state index contributed by atoms with van der Waals surface area (Å²) in [5, 5.41) is 7.18. The molecule has 2 N–H and O–H groups in total. The van der Waals surface area contributed by atoms with Gasteiger partial charge in [0.2, 0.25) is 5.91 Å². The van der Waals surface area contributed by atoms with Gasteiger partial charge in [0.15, 0.2) is 5.11 Å². The Labute approximate surface area is 154 Å². The molecule has 4 nitrogen and oxygen atoms in total. The third kappa shape index (κ3) is 4.37. The van der Waals surface area contributed by atoms with Crippen LogP contribution in [0.5, 0.6) is 0 Å². The summed E-state index contributed by atoms with van der Waals surface area (Å²) < 4.78 is 0. The van der Waals surface area contributed by atoms with Gasteiger partial charge in [-0.3, -0.25) is 4.79 Å². The summed E-state index contributed by atoms with van der Waals surface area (Å²) in [5.41, 5.74) is 3.08. The van der Waals surface area contributed by atoms with E-state index in [1.165, 1.54) is 5.56 Å². The molecular weight excluding hydrogens is 330 g/mol. The Morgan fingerprint density at radius 2 is 1.88 bits per heavy atom. The molecule has 1 aliphatic heterocycles. The van der Waals surface area contributed by atoms with Gasteiger partial charge in [-0.05, 0) is 54.9 Å². The number of amides is 1. The van der Waals surface area contributed by atoms with Crippen LogP contribution < -0.4 is 15.5 Å². The van der Waals surface area contributed by atoms with Crippen LogP contribution in [0.25, 0.3) is 0 Å². The fraction of sp³-hybridized carbons (Fsp3) is 0.300. The molecule has 1 atom stereocenters. The molecule has 0 aliphatic carbocycles. The topological polar surface area (TPSA) is 44.4 Å². The van der Waals surface area contributed by atoms with E-state index in [0.29, 0.717) is 11.5 Å². The third-order valence-corrected chi connectivity index (χ3v) is 4.65. The molecular formula is C20H23N3OS. The number of carbonyl (C=O) groups is 1. The van der Waals surface area contributed by atoms with Crippen LogP contribution in [0, 0.1) is 0 Å². The molecule has 3 rings (SSSR count). The minimum Gasteiger partial charge on any atom is -0.356 e. The molecule has 130 valence electrons. The smallest absolute Gasteiger partial charge is 0.227 e. The molecule has 2 aromatic rings. The second kappa shape index (κ2) is 8.12. The average Bonchev–Trinajstić information content (AvgIpc) is 3.07. The van der Waals surface area contributed by atoms with Crippen molar-refractivity contribution >= 4 is 34.6 Å². The van der Waals surface area contributed by atoms with Gasteiger partial charge >= 0.3 is 0 Å². The molecule has 1 saturated heterocycles. The fourth-order valence-electron chi connectivity index (χ4n) is 3.08. The van der Waals surface area contributed by atoms with Crippen LogP contribution in [-0.2, 0) is 4.79 Å². The Balaban J connectivity index is 1.60. The first-order chi connectivity index (χ1) is 12.2. The van der Waals surface area contributed by atoms with Crippen molar-refractivity contribution in [1.29, 1.82) is 0 Å². The van der Waals surface area contributed by atoms with Crippen molar-refractivity contribution < 1.29 is 4.79 Å². The minimum atomic E-state index is 0.183. The molecule has 1 amide bonds. The molecule has 0 unspecified atom stereocenters. The maximum Gasteiger partial charge on any atom is 0.227 e. The summed E-state index contributed by atoms with van der Waals surface area (Å²) in [5.74, 6) is 0.201. The molecule has 0 bridgehead atoms. The second-order valence-corrected chi connectivity index (χ2v) is 6.57. The summed E-state index contributed by atoms with van der Waals surface area (Å²) >= 11 is 5.45. The van der Waals surface area contributed by atoms with Gasteiger partial charge in [0, 0.05) is 24.3 Å². The van der Waals surface area contributed by atoms with Crippen molar-refractivity contribution in [3.05, 3.63) is 60.2 Å². The van der Waals surface area contributed by atoms with Crippen LogP contribution in [0.15, 0.2) is 54.6 Å². The van der Waals surface area contributed by atoms with E-state index >= 15 is 0 Å². The number of anilines is 2. The molecule has 0 spiro atoms. The van der Waals surface area contributed by atoms with Gasteiger partial charge in [0.05, 0.1) is 6.04 Å². The highest BCUT2D eigenvalue weighted by atomic mass is 32.1. The maximum atomic E-state index is 11.8. The standard InChI is InChI=1S/C20H23N3OS/c1-2-18(15-7-4-3-5-8-15)22-20(25)21-16-10-12-17(13-11-16)23-14-6-9-19(23)24/h3-5,7-8,10-13,18H,2,6,9,14H2,1H3,(H2,21,22,25)/t18-/m0/s1. The van der Waals surface area contributed by atoms with Crippen LogP contribution in [0.4, 0.5) is 11.4 Å². The zero-order valence-electron chi connectivity index (χ0n) is 14.4. The molecule has 5 heteroatoms. The molecule has 2 aromatic carbocycles. The number of hydrogen-bond donors (Lipinski definition) is 2. The molecule has 0 aromatic heterocycles. The van der Waals surface area contributed by atoms with Gasteiger partial charge in [-0.2, -0.15) is 0 Å². The van der Waals surface area contributed by atoms with Crippen molar-refractivity contribution in [1.82, 2.24) is 5.32 Å².